The molecule has 17 heavy (non-hydrogen) atoms. The fraction of sp³-hybridized carbons (Fsp3) is 0.889. The topological polar surface area (TPSA) is 131 Å². The van der Waals surface area contributed by atoms with Gasteiger partial charge in [-0.25, -0.2) is 4.79 Å². The molecule has 0 aromatic rings. The monoisotopic (exact) mass is 251 g/mol. The van der Waals surface area contributed by atoms with Crippen LogP contribution in [0.3, 0.4) is 0 Å². The second kappa shape index (κ2) is 5.15. The van der Waals surface area contributed by atoms with Crippen LogP contribution in [0.1, 0.15) is 6.92 Å². The van der Waals surface area contributed by atoms with E-state index in [1.807, 2.05) is 0 Å². The second-order valence-corrected chi connectivity index (χ2v) is 3.99. The van der Waals surface area contributed by atoms with Crippen molar-refractivity contribution in [1.82, 2.24) is 0 Å². The van der Waals surface area contributed by atoms with Gasteiger partial charge in [0, 0.05) is 7.11 Å². The Kier molecular flexibility index (Phi) is 4.28. The van der Waals surface area contributed by atoms with Crippen molar-refractivity contribution in [2.45, 2.75) is 37.1 Å². The van der Waals surface area contributed by atoms with Gasteiger partial charge < -0.3 is 35.3 Å². The summed E-state index contributed by atoms with van der Waals surface area (Å²) in [5.41, 5.74) is 3.07. The maximum absolute atomic E-state index is 10.7. The maximum atomic E-state index is 10.7. The predicted octanol–water partition coefficient (Wildman–Crippen LogP) is -2.07. The molecule has 0 bridgehead atoms. The van der Waals surface area contributed by atoms with Gasteiger partial charge in [-0.2, -0.15) is 0 Å². The van der Waals surface area contributed by atoms with Crippen molar-refractivity contribution in [2.75, 3.05) is 13.7 Å². The lowest BCUT2D eigenvalue weighted by atomic mass is 9.86. The number of carbonyl (C=O) groups excluding carboxylic acids is 1. The number of ether oxygens (including phenoxy) is 3. The number of hydrogen-bond donors (Lipinski definition) is 4. The molecule has 8 nitrogen and oxygen atoms in total. The molecule has 100 valence electrons. The average Bonchev–Trinajstić information content (AvgIpc) is 2.24. The van der Waals surface area contributed by atoms with E-state index in [-0.39, 0.29) is 0 Å². The van der Waals surface area contributed by atoms with E-state index in [1.165, 1.54) is 14.0 Å². The maximum Gasteiger partial charge on any atom is 0.404 e. The van der Waals surface area contributed by atoms with Crippen LogP contribution in [-0.2, 0) is 14.2 Å². The highest BCUT2D eigenvalue weighted by atomic mass is 16.7. The first-order valence-corrected chi connectivity index (χ1v) is 5.00. The molecule has 0 aromatic carbocycles. The fourth-order valence-corrected chi connectivity index (χ4v) is 1.79. The number of rotatable bonds is 3. The molecule has 1 rings (SSSR count). The van der Waals surface area contributed by atoms with Gasteiger partial charge in [-0.05, 0) is 6.92 Å². The van der Waals surface area contributed by atoms with Crippen LogP contribution < -0.4 is 5.73 Å². The summed E-state index contributed by atoms with van der Waals surface area (Å²) in [5, 5.41) is 29.0. The van der Waals surface area contributed by atoms with Crippen molar-refractivity contribution >= 4 is 6.09 Å². The van der Waals surface area contributed by atoms with Crippen LogP contribution in [0.4, 0.5) is 4.79 Å². The summed E-state index contributed by atoms with van der Waals surface area (Å²) in [5.74, 6) is 0. The van der Waals surface area contributed by atoms with Crippen molar-refractivity contribution in [1.29, 1.82) is 0 Å². The highest BCUT2D eigenvalue weighted by Gasteiger charge is 2.54. The Balaban J connectivity index is 2.96. The number of amides is 1. The van der Waals surface area contributed by atoms with Crippen LogP contribution in [0.25, 0.3) is 0 Å². The molecule has 0 saturated carbocycles. The quantitative estimate of drug-likeness (QED) is 0.453. The molecule has 8 heteroatoms. The lowest BCUT2D eigenvalue weighted by molar-refractivity contribution is -0.320. The summed E-state index contributed by atoms with van der Waals surface area (Å²) < 4.78 is 14.6. The minimum Gasteiger partial charge on any atom is -0.440 e. The van der Waals surface area contributed by atoms with Gasteiger partial charge in [0.25, 0.3) is 0 Å². The molecular formula is C9H17NO7. The van der Waals surface area contributed by atoms with Gasteiger partial charge in [0.1, 0.15) is 17.8 Å². The number of nitrogens with two attached hydrogens (primary N) is 1. The van der Waals surface area contributed by atoms with E-state index in [0.717, 1.165) is 0 Å². The standard InChI is InChI=1S/C9H17NO7/c1-9(14)4(3-11)16-7(15-2)5(12)6(9)17-8(10)13/h4-7,11-12,14H,3H2,1-2H3,(H2,10,13)/t4-,5-,6-,7+,9-/m1/s1. The minimum absolute atomic E-state index is 0.530. The van der Waals surface area contributed by atoms with Gasteiger partial charge in [0.2, 0.25) is 0 Å². The van der Waals surface area contributed by atoms with E-state index in [4.69, 9.17) is 20.3 Å². The number of methoxy groups -OCH3 is 1. The lowest BCUT2D eigenvalue weighted by Crippen LogP contribution is -2.67. The zero-order valence-electron chi connectivity index (χ0n) is 9.57. The van der Waals surface area contributed by atoms with Gasteiger partial charge in [-0.1, -0.05) is 0 Å². The largest absolute Gasteiger partial charge is 0.440 e. The molecule has 5 atom stereocenters. The van der Waals surface area contributed by atoms with Crippen molar-refractivity contribution in [2.24, 2.45) is 5.73 Å². The normalized spacial score (nSPS) is 42.2. The number of carbonyl (C=O) groups is 1. The highest BCUT2D eigenvalue weighted by molar-refractivity contribution is 5.65. The molecule has 0 unspecified atom stereocenters. The number of aliphatic hydroxyl groups excluding tert-OH is 2. The first-order chi connectivity index (χ1) is 7.84. The third-order valence-electron chi connectivity index (χ3n) is 2.76. The molecular weight excluding hydrogens is 234 g/mol. The molecule has 0 spiro atoms. The second-order valence-electron chi connectivity index (χ2n) is 3.99. The Labute approximate surface area is 97.9 Å². The van der Waals surface area contributed by atoms with Crippen molar-refractivity contribution < 1.29 is 34.3 Å². The number of aliphatic hydroxyl groups is 3. The average molecular weight is 251 g/mol. The molecule has 1 amide bonds. The summed E-state index contributed by atoms with van der Waals surface area (Å²) in [4.78, 5) is 10.7. The lowest BCUT2D eigenvalue weighted by Gasteiger charge is -2.46. The van der Waals surface area contributed by atoms with Gasteiger partial charge >= 0.3 is 6.09 Å². The first-order valence-electron chi connectivity index (χ1n) is 5.00. The van der Waals surface area contributed by atoms with Gasteiger partial charge in [-0.15, -0.1) is 0 Å². The van der Waals surface area contributed by atoms with Crippen LogP contribution in [0.5, 0.6) is 0 Å². The summed E-state index contributed by atoms with van der Waals surface area (Å²) in [7, 11) is 1.27. The van der Waals surface area contributed by atoms with Crippen LogP contribution in [-0.4, -0.2) is 65.3 Å². The predicted molar refractivity (Wildman–Crippen MR) is 53.8 cm³/mol. The molecule has 5 N–H and O–H groups in total. The SMILES string of the molecule is CO[C@H]1O[C@H](CO)[C@@](C)(O)[C@H](OC(N)=O)[C@H]1O. The van der Waals surface area contributed by atoms with E-state index >= 15 is 0 Å². The summed E-state index contributed by atoms with van der Waals surface area (Å²) in [6.07, 6.45) is -6.11. The van der Waals surface area contributed by atoms with Gasteiger partial charge in [0.15, 0.2) is 12.4 Å². The molecule has 1 saturated heterocycles. The summed E-state index contributed by atoms with van der Waals surface area (Å²) in [6.45, 7) is 0.731. The van der Waals surface area contributed by atoms with E-state index < -0.39 is 42.9 Å². The Bertz CT molecular complexity index is 283. The number of hydrogen-bond acceptors (Lipinski definition) is 7. The molecule has 1 heterocycles. The van der Waals surface area contributed by atoms with Crippen LogP contribution in [0.15, 0.2) is 0 Å². The molecule has 0 aliphatic carbocycles. The Morgan fingerprint density at radius 3 is 2.59 bits per heavy atom. The fourth-order valence-electron chi connectivity index (χ4n) is 1.79. The first kappa shape index (κ1) is 14.1. The summed E-state index contributed by atoms with van der Waals surface area (Å²) >= 11 is 0. The Morgan fingerprint density at radius 2 is 2.18 bits per heavy atom. The van der Waals surface area contributed by atoms with Crippen LogP contribution in [0, 0.1) is 0 Å². The van der Waals surface area contributed by atoms with Crippen molar-refractivity contribution in [3.8, 4) is 0 Å². The molecule has 0 radical (unpaired) electrons. The van der Waals surface area contributed by atoms with Crippen molar-refractivity contribution in [3.63, 3.8) is 0 Å². The number of primary amides is 1. The van der Waals surface area contributed by atoms with Crippen molar-refractivity contribution in [3.05, 3.63) is 0 Å². The smallest absolute Gasteiger partial charge is 0.404 e. The zero-order valence-corrected chi connectivity index (χ0v) is 9.57. The Morgan fingerprint density at radius 1 is 1.59 bits per heavy atom. The molecule has 1 aliphatic rings. The molecule has 0 aromatic heterocycles. The van der Waals surface area contributed by atoms with Crippen LogP contribution >= 0.6 is 0 Å². The molecule has 1 aliphatic heterocycles. The van der Waals surface area contributed by atoms with E-state index in [1.54, 1.807) is 0 Å². The Hall–Kier alpha value is -0.930. The highest BCUT2D eigenvalue weighted by Crippen LogP contribution is 2.31. The molecule has 1 fully saturated rings. The van der Waals surface area contributed by atoms with E-state index in [2.05, 4.69) is 4.74 Å². The van der Waals surface area contributed by atoms with E-state index in [9.17, 15) is 15.0 Å². The minimum atomic E-state index is -1.78. The van der Waals surface area contributed by atoms with Gasteiger partial charge in [0.05, 0.1) is 6.61 Å². The summed E-state index contributed by atoms with van der Waals surface area (Å²) in [6, 6.07) is 0. The van der Waals surface area contributed by atoms with Crippen LogP contribution in [0.2, 0.25) is 0 Å². The third kappa shape index (κ3) is 2.67. The van der Waals surface area contributed by atoms with E-state index in [0.29, 0.717) is 0 Å². The van der Waals surface area contributed by atoms with Gasteiger partial charge in [-0.3, -0.25) is 0 Å². The third-order valence-corrected chi connectivity index (χ3v) is 2.76. The zero-order chi connectivity index (χ0) is 13.2.